The second-order valence-electron chi connectivity index (χ2n) is 3.76. The number of hydrogen-bond donors (Lipinski definition) is 1. The molecule has 0 bridgehead atoms. The van der Waals surface area contributed by atoms with Gasteiger partial charge in [-0.3, -0.25) is 19.7 Å². The van der Waals surface area contributed by atoms with Crippen LogP contribution in [0.4, 0.5) is 0 Å². The van der Waals surface area contributed by atoms with Crippen molar-refractivity contribution in [3.8, 4) is 0 Å². The summed E-state index contributed by atoms with van der Waals surface area (Å²) in [5.41, 5.74) is 0.258. The van der Waals surface area contributed by atoms with Crippen molar-refractivity contribution in [2.24, 2.45) is 0 Å². The largest absolute Gasteiger partial charge is 0.320 e. The van der Waals surface area contributed by atoms with Crippen molar-refractivity contribution >= 4 is 45.3 Å². The van der Waals surface area contributed by atoms with Gasteiger partial charge in [0.15, 0.2) is 0 Å². The van der Waals surface area contributed by atoms with Gasteiger partial charge in [-0.25, -0.2) is 0 Å². The minimum absolute atomic E-state index is 0.145. The van der Waals surface area contributed by atoms with Gasteiger partial charge >= 0.3 is 0 Å². The molecule has 7 heteroatoms. The summed E-state index contributed by atoms with van der Waals surface area (Å²) in [5.74, 6) is -1.43. The number of piperazine rings is 1. The monoisotopic (exact) mass is 330 g/mol. The van der Waals surface area contributed by atoms with Crippen LogP contribution in [0.3, 0.4) is 0 Å². The quantitative estimate of drug-likeness (QED) is 0.786. The molecule has 1 aromatic carbocycles. The van der Waals surface area contributed by atoms with Gasteiger partial charge in [0, 0.05) is 4.47 Å². The average Bonchev–Trinajstić information content (AvgIpc) is 2.30. The molecule has 94 valence electrons. The van der Waals surface area contributed by atoms with E-state index in [1.807, 2.05) is 0 Å². The van der Waals surface area contributed by atoms with E-state index < -0.39 is 17.7 Å². The molecule has 0 spiro atoms. The molecule has 1 N–H and O–H groups in total. The molecule has 0 unspecified atom stereocenters. The number of rotatable bonds is 1. The third-order valence-corrected chi connectivity index (χ3v) is 3.22. The van der Waals surface area contributed by atoms with Gasteiger partial charge in [-0.05, 0) is 18.2 Å². The molecule has 0 aromatic heterocycles. The molecule has 1 heterocycles. The number of nitrogens with zero attached hydrogens (tertiary/aromatic N) is 1. The molecule has 0 atom stereocenters. The first kappa shape index (κ1) is 13.0. The fourth-order valence-corrected chi connectivity index (χ4v) is 2.17. The number of nitrogens with one attached hydrogen (secondary N) is 1. The minimum atomic E-state index is -0.495. The van der Waals surface area contributed by atoms with Crippen LogP contribution in [-0.2, 0) is 9.59 Å². The summed E-state index contributed by atoms with van der Waals surface area (Å²) in [6, 6.07) is 4.83. The number of carbonyl (C=O) groups is 3. The fourth-order valence-electron chi connectivity index (χ4n) is 1.61. The lowest BCUT2D eigenvalue weighted by Crippen LogP contribution is -2.53. The topological polar surface area (TPSA) is 66.5 Å². The molecule has 2 rings (SSSR count). The van der Waals surface area contributed by atoms with Crippen molar-refractivity contribution in [2.75, 3.05) is 13.1 Å². The Labute approximate surface area is 116 Å². The summed E-state index contributed by atoms with van der Waals surface area (Å²) < 4.78 is 0.697. The van der Waals surface area contributed by atoms with E-state index in [1.165, 1.54) is 0 Å². The zero-order valence-corrected chi connectivity index (χ0v) is 11.4. The van der Waals surface area contributed by atoms with Crippen molar-refractivity contribution < 1.29 is 14.4 Å². The number of carbonyl (C=O) groups excluding carboxylic acids is 3. The van der Waals surface area contributed by atoms with Crippen molar-refractivity contribution in [1.29, 1.82) is 0 Å². The molecule has 3 amide bonds. The van der Waals surface area contributed by atoms with Gasteiger partial charge in [0.25, 0.3) is 5.91 Å². The maximum Gasteiger partial charge on any atom is 0.256 e. The Morgan fingerprint density at radius 1 is 1.28 bits per heavy atom. The number of amides is 3. The van der Waals surface area contributed by atoms with Crippen LogP contribution in [-0.4, -0.2) is 35.7 Å². The van der Waals surface area contributed by atoms with Crippen molar-refractivity contribution in [2.45, 2.75) is 0 Å². The van der Waals surface area contributed by atoms with Gasteiger partial charge in [0.05, 0.1) is 10.6 Å². The van der Waals surface area contributed by atoms with Crippen LogP contribution in [0.1, 0.15) is 10.4 Å². The first-order chi connectivity index (χ1) is 8.47. The van der Waals surface area contributed by atoms with Gasteiger partial charge in [0.2, 0.25) is 11.8 Å². The second-order valence-corrected chi connectivity index (χ2v) is 5.08. The zero-order valence-electron chi connectivity index (χ0n) is 9.07. The lowest BCUT2D eigenvalue weighted by Gasteiger charge is -2.25. The molecule has 1 saturated heterocycles. The normalized spacial score (nSPS) is 15.6. The Bertz CT molecular complexity index is 531. The Morgan fingerprint density at radius 2 is 1.89 bits per heavy atom. The van der Waals surface area contributed by atoms with Crippen LogP contribution in [0.2, 0.25) is 5.02 Å². The molecule has 0 radical (unpaired) electrons. The number of imide groups is 1. The molecular weight excluding hydrogens is 323 g/mol. The maximum atomic E-state index is 12.2. The van der Waals surface area contributed by atoms with E-state index >= 15 is 0 Å². The molecular formula is C11H8BrClN2O3. The predicted octanol–water partition coefficient (Wildman–Crippen LogP) is 1.20. The van der Waals surface area contributed by atoms with E-state index in [0.29, 0.717) is 4.47 Å². The maximum absolute atomic E-state index is 12.2. The van der Waals surface area contributed by atoms with Crippen molar-refractivity contribution in [3.63, 3.8) is 0 Å². The lowest BCUT2D eigenvalue weighted by molar-refractivity contribution is -0.135. The highest BCUT2D eigenvalue weighted by Crippen LogP contribution is 2.22. The number of hydrogen-bond acceptors (Lipinski definition) is 3. The average molecular weight is 332 g/mol. The Morgan fingerprint density at radius 3 is 2.50 bits per heavy atom. The molecule has 0 saturated carbocycles. The van der Waals surface area contributed by atoms with Crippen LogP contribution >= 0.6 is 27.5 Å². The van der Waals surface area contributed by atoms with Crippen LogP contribution in [0.15, 0.2) is 22.7 Å². The van der Waals surface area contributed by atoms with Crippen LogP contribution in [0.25, 0.3) is 0 Å². The minimum Gasteiger partial charge on any atom is -0.320 e. The summed E-state index contributed by atoms with van der Waals surface area (Å²) in [7, 11) is 0. The van der Waals surface area contributed by atoms with E-state index in [1.54, 1.807) is 18.2 Å². The summed E-state index contributed by atoms with van der Waals surface area (Å²) >= 11 is 9.17. The summed E-state index contributed by atoms with van der Waals surface area (Å²) in [6.07, 6.45) is 0. The molecule has 1 fully saturated rings. The Kier molecular flexibility index (Phi) is 3.68. The fraction of sp³-hybridized carbons (Fsp3) is 0.182. The highest BCUT2D eigenvalue weighted by molar-refractivity contribution is 9.10. The first-order valence-electron chi connectivity index (χ1n) is 5.04. The lowest BCUT2D eigenvalue weighted by atomic mass is 10.2. The number of halogens is 2. The van der Waals surface area contributed by atoms with Crippen molar-refractivity contribution in [3.05, 3.63) is 33.3 Å². The van der Waals surface area contributed by atoms with E-state index in [9.17, 15) is 14.4 Å². The highest BCUT2D eigenvalue weighted by atomic mass is 79.9. The molecule has 5 nitrogen and oxygen atoms in total. The summed E-state index contributed by atoms with van der Waals surface area (Å²) in [6.45, 7) is -0.291. The number of benzene rings is 1. The van der Waals surface area contributed by atoms with Gasteiger partial charge in [-0.15, -0.1) is 0 Å². The van der Waals surface area contributed by atoms with Gasteiger partial charge in [0.1, 0.15) is 13.1 Å². The van der Waals surface area contributed by atoms with Crippen LogP contribution in [0.5, 0.6) is 0 Å². The van der Waals surface area contributed by atoms with E-state index in [2.05, 4.69) is 21.2 Å². The highest BCUT2D eigenvalue weighted by Gasteiger charge is 2.28. The van der Waals surface area contributed by atoms with Crippen molar-refractivity contribution in [1.82, 2.24) is 10.2 Å². The zero-order chi connectivity index (χ0) is 13.3. The molecule has 1 aromatic rings. The van der Waals surface area contributed by atoms with Gasteiger partial charge in [-0.2, -0.15) is 0 Å². The molecule has 1 aliphatic rings. The molecule has 0 aliphatic carbocycles. The van der Waals surface area contributed by atoms with Gasteiger partial charge < -0.3 is 4.90 Å². The standard InChI is InChI=1S/C11H8BrClN2O3/c12-6-1-2-8(13)7(3-6)11(18)15-4-9(16)14-10(17)5-15/h1-3H,4-5H2,(H,14,16,17). The molecule has 1 aliphatic heterocycles. The Balaban J connectivity index is 2.28. The Hall–Kier alpha value is -1.40. The third-order valence-electron chi connectivity index (χ3n) is 2.39. The summed E-state index contributed by atoms with van der Waals surface area (Å²) in [4.78, 5) is 35.7. The second kappa shape index (κ2) is 5.07. The smallest absolute Gasteiger partial charge is 0.256 e. The van der Waals surface area contributed by atoms with E-state index in [4.69, 9.17) is 11.6 Å². The molecule has 18 heavy (non-hydrogen) atoms. The van der Waals surface area contributed by atoms with Crippen LogP contribution < -0.4 is 5.32 Å². The first-order valence-corrected chi connectivity index (χ1v) is 6.21. The van der Waals surface area contributed by atoms with Crippen LogP contribution in [0, 0.1) is 0 Å². The SMILES string of the molecule is O=C1CN(C(=O)c2cc(Br)ccc2Cl)CC(=O)N1. The third kappa shape index (κ3) is 2.70. The predicted molar refractivity (Wildman–Crippen MR) is 68.2 cm³/mol. The van der Waals surface area contributed by atoms with Gasteiger partial charge in [-0.1, -0.05) is 27.5 Å². The van der Waals surface area contributed by atoms with E-state index in [-0.39, 0.29) is 23.7 Å². The summed E-state index contributed by atoms with van der Waals surface area (Å²) in [5, 5.41) is 2.41. The van der Waals surface area contributed by atoms with E-state index in [0.717, 1.165) is 4.90 Å².